The van der Waals surface area contributed by atoms with Gasteiger partial charge in [-0.15, -0.1) is 0 Å². The van der Waals surface area contributed by atoms with E-state index in [9.17, 15) is 18.4 Å². The SMILES string of the molecule is C[C@@H]1CN(c2cc(F)c(-c3ccc(N4CCOCC4)nc3)cc2NC(=O)c2c[nH]c(=O)cc2C(F)F)CCN1C. The molecular weight excluding hydrogens is 525 g/mol. The molecule has 40 heavy (non-hydrogen) atoms. The number of halogens is 3. The van der Waals surface area contributed by atoms with Gasteiger partial charge in [0.2, 0.25) is 5.56 Å². The Bertz CT molecular complexity index is 1430. The third-order valence-electron chi connectivity index (χ3n) is 7.46. The molecule has 2 aliphatic heterocycles. The molecule has 0 radical (unpaired) electrons. The van der Waals surface area contributed by atoms with Gasteiger partial charge >= 0.3 is 0 Å². The normalized spacial score (nSPS) is 18.3. The highest BCUT2D eigenvalue weighted by Gasteiger charge is 2.26. The Hall–Kier alpha value is -3.90. The van der Waals surface area contributed by atoms with E-state index in [0.717, 1.165) is 18.6 Å². The minimum Gasteiger partial charge on any atom is -0.378 e. The molecule has 4 heterocycles. The molecule has 0 aliphatic carbocycles. The lowest BCUT2D eigenvalue weighted by atomic mass is 10.0. The smallest absolute Gasteiger partial charge is 0.264 e. The first-order valence-electron chi connectivity index (χ1n) is 13.1. The van der Waals surface area contributed by atoms with E-state index < -0.39 is 29.3 Å². The summed E-state index contributed by atoms with van der Waals surface area (Å²) < 4.78 is 48.3. The van der Waals surface area contributed by atoms with Crippen molar-refractivity contribution in [2.75, 3.05) is 68.1 Å². The van der Waals surface area contributed by atoms with Crippen molar-refractivity contribution in [2.24, 2.45) is 0 Å². The van der Waals surface area contributed by atoms with Crippen LogP contribution in [0.1, 0.15) is 29.3 Å². The summed E-state index contributed by atoms with van der Waals surface area (Å²) in [6.45, 7) is 6.56. The number of aromatic nitrogens is 2. The monoisotopic (exact) mass is 556 g/mol. The Kier molecular flexibility index (Phi) is 8.08. The Balaban J connectivity index is 1.52. The van der Waals surface area contributed by atoms with Crippen LogP contribution in [-0.2, 0) is 4.74 Å². The second-order valence-electron chi connectivity index (χ2n) is 10.1. The van der Waals surface area contributed by atoms with Gasteiger partial charge in [0, 0.05) is 73.9 Å². The van der Waals surface area contributed by atoms with E-state index in [1.807, 2.05) is 24.9 Å². The Morgan fingerprint density at radius 1 is 1.12 bits per heavy atom. The van der Waals surface area contributed by atoms with Crippen LogP contribution in [0.15, 0.2) is 47.5 Å². The minimum atomic E-state index is -3.03. The fraction of sp³-hybridized carbons (Fsp3) is 0.393. The van der Waals surface area contributed by atoms with Gasteiger partial charge in [0.05, 0.1) is 30.2 Å². The number of hydrogen-bond donors (Lipinski definition) is 2. The maximum absolute atomic E-state index is 15.6. The van der Waals surface area contributed by atoms with Crippen LogP contribution in [-0.4, -0.2) is 79.8 Å². The number of nitrogens with one attached hydrogen (secondary N) is 2. The van der Waals surface area contributed by atoms with Gasteiger partial charge in [-0.2, -0.15) is 0 Å². The highest BCUT2D eigenvalue weighted by atomic mass is 19.3. The fourth-order valence-corrected chi connectivity index (χ4v) is 4.99. The fourth-order valence-electron chi connectivity index (χ4n) is 4.99. The largest absolute Gasteiger partial charge is 0.378 e. The predicted octanol–water partition coefficient (Wildman–Crippen LogP) is 3.74. The van der Waals surface area contributed by atoms with Crippen molar-refractivity contribution in [3.8, 4) is 11.1 Å². The molecule has 1 aromatic carbocycles. The van der Waals surface area contributed by atoms with Crippen molar-refractivity contribution in [3.05, 3.63) is 70.0 Å². The van der Waals surface area contributed by atoms with Crippen LogP contribution in [0.3, 0.4) is 0 Å². The lowest BCUT2D eigenvalue weighted by Gasteiger charge is -2.39. The number of H-pyrrole nitrogens is 1. The zero-order valence-electron chi connectivity index (χ0n) is 22.3. The first-order chi connectivity index (χ1) is 19.2. The topological polar surface area (TPSA) is 93.8 Å². The molecule has 2 aliphatic rings. The number of aromatic amines is 1. The molecule has 212 valence electrons. The molecule has 1 amide bonds. The molecule has 9 nitrogen and oxygen atoms in total. The van der Waals surface area contributed by atoms with Crippen molar-refractivity contribution < 1.29 is 22.7 Å². The van der Waals surface area contributed by atoms with Gasteiger partial charge in [-0.05, 0) is 38.2 Å². The summed E-state index contributed by atoms with van der Waals surface area (Å²) in [4.78, 5) is 37.9. The van der Waals surface area contributed by atoms with Crippen molar-refractivity contribution in [3.63, 3.8) is 0 Å². The first-order valence-corrected chi connectivity index (χ1v) is 13.1. The minimum absolute atomic E-state index is 0.168. The number of likely N-dealkylation sites (N-methyl/N-ethyl adjacent to an activating group) is 1. The number of anilines is 3. The first kappa shape index (κ1) is 27.7. The second kappa shape index (κ2) is 11.7. The Labute approximate surface area is 229 Å². The van der Waals surface area contributed by atoms with Crippen LogP contribution in [0.5, 0.6) is 0 Å². The van der Waals surface area contributed by atoms with Crippen LogP contribution in [0, 0.1) is 5.82 Å². The number of nitrogens with zero attached hydrogens (tertiary/aromatic N) is 4. The second-order valence-corrected chi connectivity index (χ2v) is 10.1. The van der Waals surface area contributed by atoms with E-state index >= 15 is 4.39 Å². The van der Waals surface area contributed by atoms with Gasteiger partial charge in [0.15, 0.2) is 0 Å². The molecule has 1 atom stereocenters. The lowest BCUT2D eigenvalue weighted by Crippen LogP contribution is -2.50. The number of ether oxygens (including phenoxy) is 1. The van der Waals surface area contributed by atoms with Crippen LogP contribution in [0.2, 0.25) is 0 Å². The van der Waals surface area contributed by atoms with Crippen molar-refractivity contribution >= 4 is 23.1 Å². The van der Waals surface area contributed by atoms with Gasteiger partial charge in [-0.1, -0.05) is 0 Å². The maximum Gasteiger partial charge on any atom is 0.264 e. The molecule has 5 rings (SSSR count). The number of carbonyl (C=O) groups excluding carboxylic acids is 1. The van der Waals surface area contributed by atoms with Gasteiger partial charge in [-0.3, -0.25) is 9.59 Å². The summed E-state index contributed by atoms with van der Waals surface area (Å²) in [5, 5.41) is 2.71. The summed E-state index contributed by atoms with van der Waals surface area (Å²) in [5.41, 5.74) is -0.372. The average molecular weight is 557 g/mol. The van der Waals surface area contributed by atoms with Crippen molar-refractivity contribution in [2.45, 2.75) is 19.4 Å². The molecule has 2 aromatic heterocycles. The molecule has 2 N–H and O–H groups in total. The quantitative estimate of drug-likeness (QED) is 0.478. The van der Waals surface area contributed by atoms with E-state index in [1.165, 1.54) is 12.1 Å². The van der Waals surface area contributed by atoms with E-state index in [4.69, 9.17) is 4.74 Å². The molecule has 12 heteroatoms. The number of carbonyl (C=O) groups is 1. The van der Waals surface area contributed by atoms with Crippen LogP contribution in [0.25, 0.3) is 11.1 Å². The molecule has 2 saturated heterocycles. The van der Waals surface area contributed by atoms with Gasteiger partial charge < -0.3 is 29.7 Å². The molecular formula is C28H31F3N6O3. The molecule has 0 spiro atoms. The highest BCUT2D eigenvalue weighted by Crippen LogP contribution is 2.36. The molecule has 0 bridgehead atoms. The third-order valence-corrected chi connectivity index (χ3v) is 7.46. The van der Waals surface area contributed by atoms with Gasteiger partial charge in [0.25, 0.3) is 12.3 Å². The number of piperazine rings is 1. The van der Waals surface area contributed by atoms with E-state index in [2.05, 4.69) is 25.1 Å². The summed E-state index contributed by atoms with van der Waals surface area (Å²) >= 11 is 0. The van der Waals surface area contributed by atoms with Gasteiger partial charge in [0.1, 0.15) is 11.6 Å². The number of benzene rings is 1. The summed E-state index contributed by atoms with van der Waals surface area (Å²) in [7, 11) is 2.00. The van der Waals surface area contributed by atoms with E-state index in [1.54, 1.807) is 12.3 Å². The van der Waals surface area contributed by atoms with Crippen molar-refractivity contribution in [1.82, 2.24) is 14.9 Å². The third kappa shape index (κ3) is 5.82. The molecule has 0 saturated carbocycles. The number of amides is 1. The van der Waals surface area contributed by atoms with E-state index in [0.29, 0.717) is 56.7 Å². The molecule has 2 fully saturated rings. The zero-order valence-corrected chi connectivity index (χ0v) is 22.3. The van der Waals surface area contributed by atoms with E-state index in [-0.39, 0.29) is 22.9 Å². The highest BCUT2D eigenvalue weighted by molar-refractivity contribution is 6.07. The average Bonchev–Trinajstić information content (AvgIpc) is 2.95. The molecule has 3 aromatic rings. The Morgan fingerprint density at radius 3 is 2.58 bits per heavy atom. The Morgan fingerprint density at radius 2 is 1.90 bits per heavy atom. The number of hydrogen-bond acceptors (Lipinski definition) is 7. The van der Waals surface area contributed by atoms with Crippen LogP contribution in [0.4, 0.5) is 30.4 Å². The number of morpholine rings is 1. The maximum atomic E-state index is 15.6. The number of rotatable bonds is 6. The summed E-state index contributed by atoms with van der Waals surface area (Å²) in [6, 6.07) is 7.31. The number of pyridine rings is 2. The number of alkyl halides is 2. The van der Waals surface area contributed by atoms with Crippen molar-refractivity contribution in [1.29, 1.82) is 0 Å². The van der Waals surface area contributed by atoms with Crippen LogP contribution < -0.4 is 20.7 Å². The predicted molar refractivity (Wildman–Crippen MR) is 147 cm³/mol. The zero-order chi connectivity index (χ0) is 28.4. The lowest BCUT2D eigenvalue weighted by molar-refractivity contribution is 0.101. The van der Waals surface area contributed by atoms with Crippen LogP contribution >= 0.6 is 0 Å². The molecule has 0 unspecified atom stereocenters. The van der Waals surface area contributed by atoms with Gasteiger partial charge in [-0.25, -0.2) is 18.2 Å². The standard InChI is InChI=1S/C28H31F3N6O3/c1-17-16-37(6-5-35(17)2)24-13-22(29)19(18-3-4-25(32-14-18)36-7-9-40-10-8-36)11-23(24)34-28(39)21-15-33-26(38)12-20(21)27(30)31/h3-4,11-15,17,27H,5-10,16H2,1-2H3,(H,33,38)(H,34,39)/t17-/m1/s1. The summed E-state index contributed by atoms with van der Waals surface area (Å²) in [6.07, 6.45) is -0.487. The summed E-state index contributed by atoms with van der Waals surface area (Å²) in [5.74, 6) is -0.590.